The van der Waals surface area contributed by atoms with Crippen LogP contribution in [-0.4, -0.2) is 49.7 Å². The summed E-state index contributed by atoms with van der Waals surface area (Å²) in [5, 5.41) is 28.8. The number of aromatic nitrogens is 8. The number of aryl methyl sites for hydroxylation is 2. The van der Waals surface area contributed by atoms with Crippen molar-refractivity contribution in [1.82, 2.24) is 39.5 Å². The van der Waals surface area contributed by atoms with Crippen LogP contribution in [0.4, 0.5) is 17.6 Å². The lowest BCUT2D eigenvalue weighted by Gasteiger charge is -2.23. The fraction of sp³-hybridized carbons (Fsp3) is 0.450. The highest BCUT2D eigenvalue weighted by molar-refractivity contribution is 5.78. The number of benzene rings is 2. The number of rotatable bonds is 12. The number of aliphatic hydroxyl groups excluding tert-OH is 2. The molecule has 300 valence electrons. The molecule has 2 aromatic carbocycles. The summed E-state index contributed by atoms with van der Waals surface area (Å²) in [5.41, 5.74) is 1.98. The van der Waals surface area contributed by atoms with Crippen molar-refractivity contribution in [3.63, 3.8) is 0 Å². The minimum Gasteiger partial charge on any atom is -0.390 e. The summed E-state index contributed by atoms with van der Waals surface area (Å²) in [6.07, 6.45) is 1.08. The van der Waals surface area contributed by atoms with E-state index in [0.717, 1.165) is 25.0 Å². The van der Waals surface area contributed by atoms with Crippen molar-refractivity contribution in [2.75, 3.05) is 0 Å². The zero-order valence-corrected chi connectivity index (χ0v) is 32.7. The lowest BCUT2D eigenvalue weighted by Crippen LogP contribution is -2.20. The molecule has 56 heavy (non-hydrogen) atoms. The number of nitrogens with one attached hydrogen (secondary N) is 2. The van der Waals surface area contributed by atoms with Gasteiger partial charge in [-0.25, -0.2) is 36.9 Å². The van der Waals surface area contributed by atoms with E-state index in [4.69, 9.17) is 0 Å². The van der Waals surface area contributed by atoms with Gasteiger partial charge in [-0.05, 0) is 23.0 Å². The van der Waals surface area contributed by atoms with E-state index in [9.17, 15) is 37.4 Å². The van der Waals surface area contributed by atoms with Gasteiger partial charge in [-0.1, -0.05) is 90.1 Å². The Morgan fingerprint density at radius 1 is 0.625 bits per heavy atom. The standard InChI is InChI=1S/2C20H24F2N4O2/c2*1-5-15-23-18-16(19(28)24-15)14(10-27)25-26(18)17(11(2)3)12-6-8-13(9-7-12)20(4,21)22/h2*6-9,11,17,27H,5,10H2,1-4H3,(H,23,24,28)/t2*17-/m10/s1. The van der Waals surface area contributed by atoms with Crippen LogP contribution in [0.5, 0.6) is 0 Å². The fourth-order valence-electron chi connectivity index (χ4n) is 6.83. The van der Waals surface area contributed by atoms with E-state index >= 15 is 0 Å². The van der Waals surface area contributed by atoms with Crippen LogP contribution in [-0.2, 0) is 37.9 Å². The molecule has 0 amide bonds. The minimum absolute atomic E-state index is 0.0359. The molecule has 16 heteroatoms. The Morgan fingerprint density at radius 2 is 0.946 bits per heavy atom. The molecular formula is C40H48F4N8O4. The smallest absolute Gasteiger partial charge is 0.270 e. The maximum atomic E-state index is 13.6. The molecule has 0 bridgehead atoms. The fourth-order valence-corrected chi connectivity index (χ4v) is 6.83. The van der Waals surface area contributed by atoms with Crippen LogP contribution < -0.4 is 11.1 Å². The van der Waals surface area contributed by atoms with Gasteiger partial charge < -0.3 is 20.2 Å². The van der Waals surface area contributed by atoms with Gasteiger partial charge in [-0.15, -0.1) is 0 Å². The average molecular weight is 781 g/mol. The van der Waals surface area contributed by atoms with Gasteiger partial charge in [0, 0.05) is 37.8 Å². The third-order valence-corrected chi connectivity index (χ3v) is 9.64. The SMILES string of the molecule is CCc1nc2c(c(CO)nn2[C@@H](c2ccc(C(C)(F)F)cc2)C(C)C)c(=O)[nH]1.CCc1nc2c(c(CO)nn2[C@H](c2ccc(C(C)(F)F)cc2)C(C)C)c(=O)[nH]1. The summed E-state index contributed by atoms with van der Waals surface area (Å²) < 4.78 is 57.5. The zero-order chi connectivity index (χ0) is 41.3. The molecule has 0 fully saturated rings. The molecule has 0 aliphatic heterocycles. The molecule has 4 aromatic heterocycles. The number of hydrogen-bond acceptors (Lipinski definition) is 8. The second kappa shape index (κ2) is 16.5. The predicted octanol–water partition coefficient (Wildman–Crippen LogP) is 7.06. The number of alkyl halides is 4. The molecule has 0 aliphatic carbocycles. The van der Waals surface area contributed by atoms with E-state index in [-0.39, 0.29) is 68.3 Å². The van der Waals surface area contributed by atoms with Gasteiger partial charge in [-0.2, -0.15) is 10.2 Å². The van der Waals surface area contributed by atoms with Gasteiger partial charge in [-0.3, -0.25) is 9.59 Å². The molecule has 0 radical (unpaired) electrons. The van der Waals surface area contributed by atoms with Crippen LogP contribution in [0.3, 0.4) is 0 Å². The molecule has 0 unspecified atom stereocenters. The first-order valence-corrected chi connectivity index (χ1v) is 18.5. The average Bonchev–Trinajstić information content (AvgIpc) is 3.70. The Hall–Kier alpha value is -5.22. The highest BCUT2D eigenvalue weighted by Gasteiger charge is 2.30. The van der Waals surface area contributed by atoms with Gasteiger partial charge >= 0.3 is 0 Å². The lowest BCUT2D eigenvalue weighted by atomic mass is 9.94. The van der Waals surface area contributed by atoms with Crippen LogP contribution in [0.25, 0.3) is 22.1 Å². The van der Waals surface area contributed by atoms with Gasteiger partial charge in [0.05, 0.1) is 25.3 Å². The topological polar surface area (TPSA) is 168 Å². The van der Waals surface area contributed by atoms with Crippen molar-refractivity contribution in [3.8, 4) is 0 Å². The van der Waals surface area contributed by atoms with Crippen molar-refractivity contribution < 1.29 is 27.8 Å². The number of fused-ring (bicyclic) bond motifs is 2. The summed E-state index contributed by atoms with van der Waals surface area (Å²) >= 11 is 0. The van der Waals surface area contributed by atoms with Gasteiger partial charge in [0.2, 0.25) is 0 Å². The molecule has 4 N–H and O–H groups in total. The third kappa shape index (κ3) is 8.45. The van der Waals surface area contributed by atoms with Crippen LogP contribution in [0.15, 0.2) is 58.1 Å². The van der Waals surface area contributed by atoms with Crippen molar-refractivity contribution >= 4 is 22.1 Å². The maximum Gasteiger partial charge on any atom is 0.270 e. The Kier molecular flexibility index (Phi) is 12.3. The quantitative estimate of drug-likeness (QED) is 0.0958. The highest BCUT2D eigenvalue weighted by atomic mass is 19.3. The minimum atomic E-state index is -2.92. The van der Waals surface area contributed by atoms with Crippen molar-refractivity contribution in [3.05, 3.63) is 115 Å². The molecule has 2 atom stereocenters. The van der Waals surface area contributed by atoms with Crippen molar-refractivity contribution in [2.24, 2.45) is 11.8 Å². The van der Waals surface area contributed by atoms with Crippen LogP contribution in [0, 0.1) is 11.8 Å². The van der Waals surface area contributed by atoms with Crippen LogP contribution >= 0.6 is 0 Å². The lowest BCUT2D eigenvalue weighted by molar-refractivity contribution is 0.0167. The van der Waals surface area contributed by atoms with Crippen molar-refractivity contribution in [2.45, 2.75) is 105 Å². The number of hydrogen-bond donors (Lipinski definition) is 4. The third-order valence-electron chi connectivity index (χ3n) is 9.64. The first-order valence-electron chi connectivity index (χ1n) is 18.5. The maximum absolute atomic E-state index is 13.6. The van der Waals surface area contributed by atoms with E-state index in [0.29, 0.717) is 35.8 Å². The Morgan fingerprint density at radius 3 is 1.20 bits per heavy atom. The number of aliphatic hydroxyl groups is 2. The first-order chi connectivity index (χ1) is 26.3. The molecule has 6 aromatic rings. The van der Waals surface area contributed by atoms with Gasteiger partial charge in [0.1, 0.15) is 33.8 Å². The largest absolute Gasteiger partial charge is 0.390 e. The number of nitrogens with zero attached hydrogens (tertiary/aromatic N) is 6. The van der Waals surface area contributed by atoms with Crippen LogP contribution in [0.1, 0.15) is 113 Å². The van der Waals surface area contributed by atoms with E-state index in [2.05, 4.69) is 30.1 Å². The summed E-state index contributed by atoms with van der Waals surface area (Å²) in [6.45, 7) is 12.6. The zero-order valence-electron chi connectivity index (χ0n) is 32.7. The summed E-state index contributed by atoms with van der Waals surface area (Å²) in [7, 11) is 0. The summed E-state index contributed by atoms with van der Waals surface area (Å²) in [5.74, 6) is -4.72. The summed E-state index contributed by atoms with van der Waals surface area (Å²) in [4.78, 5) is 39.4. The molecule has 0 saturated carbocycles. The molecule has 0 aliphatic rings. The normalized spacial score (nSPS) is 13.4. The number of aromatic amines is 2. The van der Waals surface area contributed by atoms with Crippen molar-refractivity contribution in [1.29, 1.82) is 0 Å². The second-order valence-electron chi connectivity index (χ2n) is 14.6. The van der Waals surface area contributed by atoms with E-state index in [1.165, 1.54) is 24.3 Å². The number of halogens is 4. The monoisotopic (exact) mass is 780 g/mol. The second-order valence-corrected chi connectivity index (χ2v) is 14.6. The van der Waals surface area contributed by atoms with E-state index in [1.807, 2.05) is 41.5 Å². The summed E-state index contributed by atoms with van der Waals surface area (Å²) in [6, 6.07) is 11.6. The molecule has 0 spiro atoms. The Labute approximate surface area is 320 Å². The first kappa shape index (κ1) is 41.9. The Balaban J connectivity index is 0.000000214. The van der Waals surface area contributed by atoms with Crippen LogP contribution in [0.2, 0.25) is 0 Å². The Bertz CT molecular complexity index is 2240. The molecule has 0 saturated heterocycles. The molecule has 6 rings (SSSR count). The van der Waals surface area contributed by atoms with Gasteiger partial charge in [0.25, 0.3) is 23.0 Å². The highest BCUT2D eigenvalue weighted by Crippen LogP contribution is 2.34. The number of H-pyrrole nitrogens is 2. The molecule has 12 nitrogen and oxygen atoms in total. The predicted molar refractivity (Wildman–Crippen MR) is 205 cm³/mol. The van der Waals surface area contributed by atoms with E-state index < -0.39 is 25.1 Å². The van der Waals surface area contributed by atoms with Gasteiger partial charge in [0.15, 0.2) is 11.3 Å². The molecule has 4 heterocycles. The van der Waals surface area contributed by atoms with E-state index in [1.54, 1.807) is 33.6 Å². The molecular weight excluding hydrogens is 732 g/mol.